The minimum atomic E-state index is -0.197. The molecule has 1 aromatic carbocycles. The predicted molar refractivity (Wildman–Crippen MR) is 70.2 cm³/mol. The maximum Gasteiger partial charge on any atom is 0.310 e. The summed E-state index contributed by atoms with van der Waals surface area (Å²) in [6.45, 7) is 2.06. The monoisotopic (exact) mass is 246 g/mol. The zero-order chi connectivity index (χ0) is 12.3. The van der Waals surface area contributed by atoms with Crippen LogP contribution < -0.4 is 0 Å². The molecule has 0 bridgehead atoms. The van der Waals surface area contributed by atoms with Gasteiger partial charge in [-0.2, -0.15) is 0 Å². The Labute approximate surface area is 105 Å². The van der Waals surface area contributed by atoms with E-state index in [1.807, 2.05) is 11.4 Å². The quantitative estimate of drug-likeness (QED) is 0.775. The fourth-order valence-electron chi connectivity index (χ4n) is 1.66. The maximum absolute atomic E-state index is 11.3. The van der Waals surface area contributed by atoms with Crippen molar-refractivity contribution < 1.29 is 9.53 Å². The SMILES string of the molecule is COC(=O)Cc1ccsc1-c1ccc(C)cc1. The summed E-state index contributed by atoms with van der Waals surface area (Å²) in [5.74, 6) is -0.197. The molecule has 0 spiro atoms. The van der Waals surface area contributed by atoms with Crippen LogP contribution in [0.3, 0.4) is 0 Å². The smallest absolute Gasteiger partial charge is 0.310 e. The van der Waals surface area contributed by atoms with Crippen LogP contribution in [0, 0.1) is 6.92 Å². The Morgan fingerprint density at radius 2 is 1.94 bits per heavy atom. The van der Waals surface area contributed by atoms with E-state index in [1.54, 1.807) is 11.3 Å². The average Bonchev–Trinajstić information content (AvgIpc) is 2.78. The molecule has 0 saturated carbocycles. The molecule has 0 aliphatic carbocycles. The number of carbonyl (C=O) groups excluding carboxylic acids is 1. The summed E-state index contributed by atoms with van der Waals surface area (Å²) >= 11 is 1.65. The number of carbonyl (C=O) groups is 1. The standard InChI is InChI=1S/C14H14O2S/c1-10-3-5-11(6-4-10)14-12(7-8-17-14)9-13(15)16-2/h3-8H,9H2,1-2H3. The third-order valence-electron chi connectivity index (χ3n) is 2.62. The summed E-state index contributed by atoms with van der Waals surface area (Å²) in [6.07, 6.45) is 0.337. The Hall–Kier alpha value is -1.61. The lowest BCUT2D eigenvalue weighted by Gasteiger charge is -2.03. The van der Waals surface area contributed by atoms with Crippen molar-refractivity contribution in [1.82, 2.24) is 0 Å². The molecule has 3 heteroatoms. The van der Waals surface area contributed by atoms with Crippen LogP contribution >= 0.6 is 11.3 Å². The largest absolute Gasteiger partial charge is 0.469 e. The molecule has 0 radical (unpaired) electrons. The van der Waals surface area contributed by atoms with Gasteiger partial charge in [-0.3, -0.25) is 4.79 Å². The molecule has 88 valence electrons. The van der Waals surface area contributed by atoms with Crippen LogP contribution in [-0.4, -0.2) is 13.1 Å². The highest BCUT2D eigenvalue weighted by Crippen LogP contribution is 2.30. The summed E-state index contributed by atoms with van der Waals surface area (Å²) in [5, 5.41) is 2.01. The number of rotatable bonds is 3. The lowest BCUT2D eigenvalue weighted by molar-refractivity contribution is -0.139. The fraction of sp³-hybridized carbons (Fsp3) is 0.214. The van der Waals surface area contributed by atoms with Gasteiger partial charge in [0.25, 0.3) is 0 Å². The van der Waals surface area contributed by atoms with Gasteiger partial charge in [0.15, 0.2) is 0 Å². The number of hydrogen-bond donors (Lipinski definition) is 0. The van der Waals surface area contributed by atoms with E-state index in [-0.39, 0.29) is 5.97 Å². The third-order valence-corrected chi connectivity index (χ3v) is 3.63. The van der Waals surface area contributed by atoms with Crippen LogP contribution in [-0.2, 0) is 16.0 Å². The van der Waals surface area contributed by atoms with Crippen molar-refractivity contribution in [3.63, 3.8) is 0 Å². The highest BCUT2D eigenvalue weighted by Gasteiger charge is 2.10. The van der Waals surface area contributed by atoms with Gasteiger partial charge in [0.1, 0.15) is 0 Å². The van der Waals surface area contributed by atoms with Gasteiger partial charge < -0.3 is 4.74 Å². The molecule has 0 amide bonds. The number of thiophene rings is 1. The molecule has 17 heavy (non-hydrogen) atoms. The Balaban J connectivity index is 2.30. The average molecular weight is 246 g/mol. The summed E-state index contributed by atoms with van der Waals surface area (Å²) in [5.41, 5.74) is 3.43. The molecule has 0 atom stereocenters. The van der Waals surface area contributed by atoms with Gasteiger partial charge in [0, 0.05) is 4.88 Å². The molecule has 2 nitrogen and oxygen atoms in total. The summed E-state index contributed by atoms with van der Waals surface area (Å²) < 4.78 is 4.70. The molecule has 0 fully saturated rings. The second kappa shape index (κ2) is 5.15. The number of ether oxygens (including phenoxy) is 1. The van der Waals surface area contributed by atoms with Crippen molar-refractivity contribution in [3.05, 3.63) is 46.8 Å². The van der Waals surface area contributed by atoms with E-state index >= 15 is 0 Å². The zero-order valence-corrected chi connectivity index (χ0v) is 10.7. The van der Waals surface area contributed by atoms with Gasteiger partial charge in [-0.05, 0) is 29.5 Å². The van der Waals surface area contributed by atoms with Crippen LogP contribution in [0.5, 0.6) is 0 Å². The summed E-state index contributed by atoms with van der Waals surface area (Å²) in [7, 11) is 1.42. The van der Waals surface area contributed by atoms with Gasteiger partial charge >= 0.3 is 5.97 Å². The van der Waals surface area contributed by atoms with Crippen LogP contribution in [0.2, 0.25) is 0 Å². The third kappa shape index (κ3) is 2.74. The first kappa shape index (κ1) is 11.9. The highest BCUT2D eigenvalue weighted by atomic mass is 32.1. The Bertz CT molecular complexity index is 511. The number of aryl methyl sites for hydroxylation is 1. The van der Waals surface area contributed by atoms with Gasteiger partial charge in [0.2, 0.25) is 0 Å². The van der Waals surface area contributed by atoms with Crippen molar-refractivity contribution in [3.8, 4) is 10.4 Å². The van der Waals surface area contributed by atoms with Crippen molar-refractivity contribution in [2.75, 3.05) is 7.11 Å². The number of esters is 1. The van der Waals surface area contributed by atoms with Crippen molar-refractivity contribution >= 4 is 17.3 Å². The van der Waals surface area contributed by atoms with Crippen LogP contribution in [0.1, 0.15) is 11.1 Å². The second-order valence-corrected chi connectivity index (χ2v) is 4.81. The van der Waals surface area contributed by atoms with Gasteiger partial charge in [-0.15, -0.1) is 11.3 Å². The van der Waals surface area contributed by atoms with Gasteiger partial charge in [-0.1, -0.05) is 29.8 Å². The molecule has 0 saturated heterocycles. The molecule has 0 aliphatic rings. The molecule has 0 N–H and O–H groups in total. The lowest BCUT2D eigenvalue weighted by atomic mass is 10.1. The van der Waals surface area contributed by atoms with Crippen molar-refractivity contribution in [2.24, 2.45) is 0 Å². The summed E-state index contributed by atoms with van der Waals surface area (Å²) in [4.78, 5) is 12.4. The Kier molecular flexibility index (Phi) is 3.59. The molecule has 0 unspecified atom stereocenters. The van der Waals surface area contributed by atoms with E-state index in [9.17, 15) is 4.79 Å². The van der Waals surface area contributed by atoms with Crippen LogP contribution in [0.15, 0.2) is 35.7 Å². The Morgan fingerprint density at radius 1 is 1.24 bits per heavy atom. The Morgan fingerprint density at radius 3 is 2.59 bits per heavy atom. The first-order valence-electron chi connectivity index (χ1n) is 5.41. The summed E-state index contributed by atoms with van der Waals surface area (Å²) in [6, 6.07) is 10.3. The predicted octanol–water partition coefficient (Wildman–Crippen LogP) is 3.44. The van der Waals surface area contributed by atoms with E-state index < -0.39 is 0 Å². The number of methoxy groups -OCH3 is 1. The van der Waals surface area contributed by atoms with Crippen LogP contribution in [0.25, 0.3) is 10.4 Å². The van der Waals surface area contributed by atoms with E-state index in [2.05, 4.69) is 31.2 Å². The van der Waals surface area contributed by atoms with E-state index in [0.717, 1.165) is 16.0 Å². The first-order chi connectivity index (χ1) is 8.20. The minimum Gasteiger partial charge on any atom is -0.469 e. The van der Waals surface area contributed by atoms with Crippen LogP contribution in [0.4, 0.5) is 0 Å². The molecule has 0 aliphatic heterocycles. The molecule has 1 heterocycles. The molecule has 1 aromatic heterocycles. The number of hydrogen-bond acceptors (Lipinski definition) is 3. The molecular formula is C14H14O2S. The van der Waals surface area contributed by atoms with E-state index in [1.165, 1.54) is 12.7 Å². The maximum atomic E-state index is 11.3. The van der Waals surface area contributed by atoms with E-state index in [0.29, 0.717) is 6.42 Å². The number of benzene rings is 1. The van der Waals surface area contributed by atoms with Crippen molar-refractivity contribution in [2.45, 2.75) is 13.3 Å². The minimum absolute atomic E-state index is 0.197. The fourth-order valence-corrected chi connectivity index (χ4v) is 2.59. The molecule has 2 aromatic rings. The van der Waals surface area contributed by atoms with Gasteiger partial charge in [-0.25, -0.2) is 0 Å². The zero-order valence-electron chi connectivity index (χ0n) is 9.90. The second-order valence-electron chi connectivity index (χ2n) is 3.89. The van der Waals surface area contributed by atoms with Crippen molar-refractivity contribution in [1.29, 1.82) is 0 Å². The molecule has 2 rings (SSSR count). The van der Waals surface area contributed by atoms with Gasteiger partial charge in [0.05, 0.1) is 13.5 Å². The highest BCUT2D eigenvalue weighted by molar-refractivity contribution is 7.13. The molecular weight excluding hydrogens is 232 g/mol. The van der Waals surface area contributed by atoms with E-state index in [4.69, 9.17) is 4.74 Å². The first-order valence-corrected chi connectivity index (χ1v) is 6.29. The topological polar surface area (TPSA) is 26.3 Å². The normalized spacial score (nSPS) is 10.2. The lowest BCUT2D eigenvalue weighted by Crippen LogP contribution is -2.04.